The average Bonchev–Trinajstić information content (AvgIpc) is 2.61. The molecule has 2 aromatic carbocycles. The summed E-state index contributed by atoms with van der Waals surface area (Å²) >= 11 is 0. The zero-order chi connectivity index (χ0) is 20.9. The molecular weight excluding hydrogens is 376 g/mol. The van der Waals surface area contributed by atoms with Crippen LogP contribution in [0.1, 0.15) is 42.3 Å². The van der Waals surface area contributed by atoms with Crippen molar-refractivity contribution in [2.24, 2.45) is 0 Å². The van der Waals surface area contributed by atoms with E-state index < -0.39 is 10.0 Å². The summed E-state index contributed by atoms with van der Waals surface area (Å²) in [6.07, 6.45) is 0. The lowest BCUT2D eigenvalue weighted by Crippen LogP contribution is -2.27. The number of nitrogens with one attached hydrogen (secondary N) is 2. The molecule has 0 heterocycles. The molecule has 0 radical (unpaired) electrons. The zero-order valence-electron chi connectivity index (χ0n) is 17.0. The molecule has 1 amide bonds. The summed E-state index contributed by atoms with van der Waals surface area (Å²) < 4.78 is 32.1. The first-order chi connectivity index (χ1) is 13.0. The lowest BCUT2D eigenvalue weighted by molar-refractivity contribution is 0.102. The van der Waals surface area contributed by atoms with Crippen molar-refractivity contribution in [1.29, 1.82) is 0 Å². The standard InChI is InChI=1S/C21H28N2O4S/c1-15-6-11-18(28(25,26)22-12-13-27-5)14-19(15)20(24)23-17-9-7-16(8-10-17)21(2,3)4/h6-11,14,22H,12-13H2,1-5H3,(H,23,24). The van der Waals surface area contributed by atoms with Crippen molar-refractivity contribution >= 4 is 21.6 Å². The lowest BCUT2D eigenvalue weighted by Gasteiger charge is -2.19. The highest BCUT2D eigenvalue weighted by Gasteiger charge is 2.18. The van der Waals surface area contributed by atoms with E-state index in [1.807, 2.05) is 24.3 Å². The van der Waals surface area contributed by atoms with Crippen LogP contribution in [0.3, 0.4) is 0 Å². The number of amides is 1. The number of rotatable bonds is 7. The van der Waals surface area contributed by atoms with Gasteiger partial charge in [0.05, 0.1) is 11.5 Å². The summed E-state index contributed by atoms with van der Waals surface area (Å²) in [4.78, 5) is 12.8. The van der Waals surface area contributed by atoms with Crippen molar-refractivity contribution in [3.8, 4) is 0 Å². The first-order valence-electron chi connectivity index (χ1n) is 9.06. The molecule has 28 heavy (non-hydrogen) atoms. The van der Waals surface area contributed by atoms with Gasteiger partial charge in [0.15, 0.2) is 0 Å². The molecule has 0 aliphatic heterocycles. The van der Waals surface area contributed by atoms with Crippen LogP contribution in [0.4, 0.5) is 5.69 Å². The van der Waals surface area contributed by atoms with Gasteiger partial charge < -0.3 is 10.1 Å². The predicted octanol–water partition coefficient (Wildman–Crippen LogP) is 3.47. The van der Waals surface area contributed by atoms with Crippen LogP contribution in [-0.4, -0.2) is 34.6 Å². The van der Waals surface area contributed by atoms with E-state index in [-0.39, 0.29) is 29.4 Å². The maximum Gasteiger partial charge on any atom is 0.255 e. The lowest BCUT2D eigenvalue weighted by atomic mass is 9.87. The largest absolute Gasteiger partial charge is 0.383 e. The van der Waals surface area contributed by atoms with Gasteiger partial charge in [-0.3, -0.25) is 4.79 Å². The van der Waals surface area contributed by atoms with E-state index in [9.17, 15) is 13.2 Å². The third kappa shape index (κ3) is 5.64. The molecule has 0 saturated carbocycles. The van der Waals surface area contributed by atoms with Gasteiger partial charge >= 0.3 is 0 Å². The van der Waals surface area contributed by atoms with Crippen molar-refractivity contribution in [2.75, 3.05) is 25.6 Å². The fourth-order valence-electron chi connectivity index (χ4n) is 2.63. The van der Waals surface area contributed by atoms with E-state index in [1.165, 1.54) is 19.2 Å². The van der Waals surface area contributed by atoms with Crippen LogP contribution in [0.5, 0.6) is 0 Å². The number of carbonyl (C=O) groups excluding carboxylic acids is 1. The maximum absolute atomic E-state index is 12.7. The molecule has 2 rings (SSSR count). The van der Waals surface area contributed by atoms with Gasteiger partial charge in [0, 0.05) is 24.9 Å². The third-order valence-electron chi connectivity index (χ3n) is 4.37. The highest BCUT2D eigenvalue weighted by molar-refractivity contribution is 7.89. The van der Waals surface area contributed by atoms with E-state index in [0.29, 0.717) is 16.8 Å². The van der Waals surface area contributed by atoms with Crippen LogP contribution in [0, 0.1) is 6.92 Å². The van der Waals surface area contributed by atoms with Gasteiger partial charge in [-0.1, -0.05) is 39.0 Å². The molecule has 2 N–H and O–H groups in total. The van der Waals surface area contributed by atoms with Gasteiger partial charge in [0.2, 0.25) is 10.0 Å². The Labute approximate surface area is 167 Å². The number of anilines is 1. The van der Waals surface area contributed by atoms with Crippen LogP contribution in [-0.2, 0) is 20.2 Å². The van der Waals surface area contributed by atoms with Crippen molar-refractivity contribution < 1.29 is 17.9 Å². The number of carbonyl (C=O) groups is 1. The SMILES string of the molecule is COCCNS(=O)(=O)c1ccc(C)c(C(=O)Nc2ccc(C(C)(C)C)cc2)c1. The van der Waals surface area contributed by atoms with Crippen LogP contribution < -0.4 is 10.0 Å². The van der Waals surface area contributed by atoms with Gasteiger partial charge in [-0.25, -0.2) is 13.1 Å². The van der Waals surface area contributed by atoms with Crippen molar-refractivity contribution in [1.82, 2.24) is 4.72 Å². The third-order valence-corrected chi connectivity index (χ3v) is 5.83. The minimum Gasteiger partial charge on any atom is -0.383 e. The van der Waals surface area contributed by atoms with Crippen molar-refractivity contribution in [2.45, 2.75) is 38.0 Å². The van der Waals surface area contributed by atoms with Gasteiger partial charge in [0.1, 0.15) is 0 Å². The number of sulfonamides is 1. The molecule has 0 spiro atoms. The first kappa shape index (κ1) is 22.1. The van der Waals surface area contributed by atoms with E-state index in [0.717, 1.165) is 5.56 Å². The Morgan fingerprint density at radius 3 is 2.29 bits per heavy atom. The summed E-state index contributed by atoms with van der Waals surface area (Å²) in [5, 5.41) is 2.83. The quantitative estimate of drug-likeness (QED) is 0.692. The highest BCUT2D eigenvalue weighted by atomic mass is 32.2. The Morgan fingerprint density at radius 2 is 1.71 bits per heavy atom. The molecule has 0 fully saturated rings. The Balaban J connectivity index is 2.21. The van der Waals surface area contributed by atoms with Crippen LogP contribution >= 0.6 is 0 Å². The molecular formula is C21H28N2O4S. The molecule has 0 bridgehead atoms. The molecule has 7 heteroatoms. The second-order valence-corrected chi connectivity index (χ2v) is 9.42. The molecule has 0 aliphatic carbocycles. The molecule has 0 unspecified atom stereocenters. The van der Waals surface area contributed by atoms with E-state index in [4.69, 9.17) is 4.74 Å². The molecule has 6 nitrogen and oxygen atoms in total. The van der Waals surface area contributed by atoms with Crippen molar-refractivity contribution in [3.05, 3.63) is 59.2 Å². The normalized spacial score (nSPS) is 12.0. The van der Waals surface area contributed by atoms with Crippen LogP contribution in [0.25, 0.3) is 0 Å². The van der Waals surface area contributed by atoms with Gasteiger partial charge in [-0.2, -0.15) is 0 Å². The number of hydrogen-bond acceptors (Lipinski definition) is 4. The van der Waals surface area contributed by atoms with Gasteiger partial charge in [0.25, 0.3) is 5.91 Å². The summed E-state index contributed by atoms with van der Waals surface area (Å²) in [7, 11) is -2.21. The van der Waals surface area contributed by atoms with E-state index in [2.05, 4.69) is 30.8 Å². The van der Waals surface area contributed by atoms with Gasteiger partial charge in [-0.15, -0.1) is 0 Å². The minimum absolute atomic E-state index is 0.0254. The Hall–Kier alpha value is -2.22. The highest BCUT2D eigenvalue weighted by Crippen LogP contribution is 2.24. The van der Waals surface area contributed by atoms with Crippen LogP contribution in [0.15, 0.2) is 47.4 Å². The summed E-state index contributed by atoms with van der Waals surface area (Å²) in [6.45, 7) is 8.56. The zero-order valence-corrected chi connectivity index (χ0v) is 17.8. The molecule has 152 valence electrons. The average molecular weight is 405 g/mol. The maximum atomic E-state index is 12.7. The fourth-order valence-corrected chi connectivity index (χ4v) is 3.67. The summed E-state index contributed by atoms with van der Waals surface area (Å²) in [5.41, 5.74) is 2.85. The number of ether oxygens (including phenoxy) is 1. The number of methoxy groups -OCH3 is 1. The van der Waals surface area contributed by atoms with Gasteiger partial charge in [-0.05, 0) is 47.7 Å². The van der Waals surface area contributed by atoms with Crippen molar-refractivity contribution in [3.63, 3.8) is 0 Å². The fraction of sp³-hybridized carbons (Fsp3) is 0.381. The monoisotopic (exact) mass is 404 g/mol. The summed E-state index contributed by atoms with van der Waals surface area (Å²) in [5.74, 6) is -0.352. The second-order valence-electron chi connectivity index (χ2n) is 7.65. The Kier molecular flexibility index (Phi) is 6.98. The molecule has 2 aromatic rings. The minimum atomic E-state index is -3.71. The van der Waals surface area contributed by atoms with Crippen LogP contribution in [0.2, 0.25) is 0 Å². The smallest absolute Gasteiger partial charge is 0.255 e. The molecule has 0 aliphatic rings. The topological polar surface area (TPSA) is 84.5 Å². The second kappa shape index (κ2) is 8.86. The number of benzene rings is 2. The predicted molar refractivity (Wildman–Crippen MR) is 111 cm³/mol. The van der Waals surface area contributed by atoms with E-state index in [1.54, 1.807) is 13.0 Å². The molecule has 0 atom stereocenters. The Morgan fingerprint density at radius 1 is 1.07 bits per heavy atom. The number of aryl methyl sites for hydroxylation is 1. The summed E-state index contributed by atoms with van der Waals surface area (Å²) in [6, 6.07) is 12.2. The van der Waals surface area contributed by atoms with E-state index >= 15 is 0 Å². The molecule has 0 saturated heterocycles. The molecule has 0 aromatic heterocycles. The first-order valence-corrected chi connectivity index (χ1v) is 10.5. The number of hydrogen-bond donors (Lipinski definition) is 2. The Bertz CT molecular complexity index is 930.